The number of hydrogen-bond acceptors (Lipinski definition) is 0. The Morgan fingerprint density at radius 3 is 1.39 bits per heavy atom. The molecule has 0 atom stereocenters. The number of hydrogen-bond donors (Lipinski definition) is 0. The van der Waals surface area contributed by atoms with Crippen molar-refractivity contribution in [1.29, 1.82) is 0 Å². The molecular weight excluding hydrogens is 423 g/mol. The molecule has 0 fully saturated rings. The van der Waals surface area contributed by atoms with Gasteiger partial charge in [-0.05, 0) is 0 Å². The summed E-state index contributed by atoms with van der Waals surface area (Å²) in [6, 6.07) is 32.8. The molecule has 3 rings (SSSR count). The third-order valence-electron chi connectivity index (χ3n) is 5.17. The van der Waals surface area contributed by atoms with Gasteiger partial charge in [-0.25, -0.2) is 0 Å². The van der Waals surface area contributed by atoms with Gasteiger partial charge in [-0.1, -0.05) is 0 Å². The third-order valence-corrected chi connectivity index (χ3v) is 14.7. The first kappa shape index (κ1) is 20.8. The van der Waals surface area contributed by atoms with E-state index in [1.54, 1.807) is 0 Å². The van der Waals surface area contributed by atoms with Crippen LogP contribution in [0.2, 0.25) is 0 Å². The average Bonchev–Trinajstić information content (AvgIpc) is 2.78. The molecule has 0 radical (unpaired) electrons. The van der Waals surface area contributed by atoms with E-state index >= 15 is 0 Å². The van der Waals surface area contributed by atoms with Gasteiger partial charge in [0.15, 0.2) is 0 Å². The van der Waals surface area contributed by atoms with E-state index in [0.29, 0.717) is 0 Å². The van der Waals surface area contributed by atoms with Crippen molar-refractivity contribution in [1.82, 2.24) is 0 Å². The quantitative estimate of drug-likeness (QED) is 0.263. The van der Waals surface area contributed by atoms with Crippen LogP contribution in [0.25, 0.3) is 0 Å². The Morgan fingerprint density at radius 2 is 1.00 bits per heavy atom. The van der Waals surface area contributed by atoms with Crippen molar-refractivity contribution in [2.24, 2.45) is 0 Å². The SMILES string of the molecule is CC/C=C\C/C=C/CP(Br)(c1ccccc1)(c1ccccc1)c1ccccc1. The molecular formula is C26H28BrP. The zero-order chi connectivity index (χ0) is 19.7. The van der Waals surface area contributed by atoms with E-state index in [2.05, 4.69) is 138 Å². The van der Waals surface area contributed by atoms with Gasteiger partial charge in [-0.2, -0.15) is 0 Å². The van der Waals surface area contributed by atoms with Crippen LogP contribution >= 0.6 is 20.8 Å². The molecule has 3 aromatic carbocycles. The third kappa shape index (κ3) is 4.07. The maximum atomic E-state index is 4.46. The zero-order valence-corrected chi connectivity index (χ0v) is 18.9. The molecule has 0 bridgehead atoms. The molecule has 0 saturated carbocycles. The molecule has 2 heteroatoms. The van der Waals surface area contributed by atoms with Gasteiger partial charge in [0.25, 0.3) is 0 Å². The van der Waals surface area contributed by atoms with E-state index in [4.69, 9.17) is 0 Å². The molecule has 0 spiro atoms. The molecule has 0 aliphatic carbocycles. The predicted molar refractivity (Wildman–Crippen MR) is 132 cm³/mol. The van der Waals surface area contributed by atoms with Crippen molar-refractivity contribution in [2.45, 2.75) is 19.8 Å². The molecule has 0 saturated heterocycles. The predicted octanol–water partition coefficient (Wildman–Crippen LogP) is 6.74. The Labute approximate surface area is 177 Å². The Morgan fingerprint density at radius 1 is 0.607 bits per heavy atom. The maximum absolute atomic E-state index is 4.46. The summed E-state index contributed by atoms with van der Waals surface area (Å²) in [5.41, 5.74) is 0. The molecule has 144 valence electrons. The van der Waals surface area contributed by atoms with Gasteiger partial charge in [0.05, 0.1) is 0 Å². The molecule has 28 heavy (non-hydrogen) atoms. The fraction of sp³-hybridized carbons (Fsp3) is 0.154. The van der Waals surface area contributed by atoms with Crippen LogP contribution in [0, 0.1) is 0 Å². The molecule has 0 aliphatic rings. The van der Waals surface area contributed by atoms with Crippen molar-refractivity contribution in [3.8, 4) is 0 Å². The van der Waals surface area contributed by atoms with Crippen LogP contribution in [0.3, 0.4) is 0 Å². The van der Waals surface area contributed by atoms with E-state index in [-0.39, 0.29) is 0 Å². The summed E-state index contributed by atoms with van der Waals surface area (Å²) >= 11 is 4.46. The Hall–Kier alpha value is -1.95. The molecule has 0 unspecified atom stereocenters. The number of benzene rings is 3. The minimum atomic E-state index is -2.80. The summed E-state index contributed by atoms with van der Waals surface area (Å²) < 4.78 is 0. The average molecular weight is 451 g/mol. The molecule has 0 amide bonds. The van der Waals surface area contributed by atoms with Gasteiger partial charge in [0, 0.05) is 0 Å². The van der Waals surface area contributed by atoms with Gasteiger partial charge in [-0.3, -0.25) is 0 Å². The number of allylic oxidation sites excluding steroid dienone is 4. The van der Waals surface area contributed by atoms with Crippen molar-refractivity contribution in [2.75, 3.05) is 6.16 Å². The van der Waals surface area contributed by atoms with Crippen molar-refractivity contribution >= 4 is 36.7 Å². The molecule has 0 aromatic heterocycles. The van der Waals surface area contributed by atoms with Crippen LogP contribution in [0.4, 0.5) is 0 Å². The van der Waals surface area contributed by atoms with Gasteiger partial charge >= 0.3 is 178 Å². The van der Waals surface area contributed by atoms with Crippen molar-refractivity contribution < 1.29 is 0 Å². The van der Waals surface area contributed by atoms with Gasteiger partial charge < -0.3 is 0 Å². The standard InChI is InChI=1S/C26H28BrP/c1-2-3-4-5-6-16-23-28(27,24-17-10-7-11-18-24,25-19-12-8-13-20-25)26-21-14-9-15-22-26/h3-4,6-22H,2,5,23H2,1H3/b4-3-,16-6+. The van der Waals surface area contributed by atoms with Crippen LogP contribution in [-0.2, 0) is 0 Å². The molecule has 0 N–H and O–H groups in total. The second-order valence-electron chi connectivity index (χ2n) is 6.96. The Kier molecular flexibility index (Phi) is 7.05. The summed E-state index contributed by atoms with van der Waals surface area (Å²) in [4.78, 5) is 0. The zero-order valence-electron chi connectivity index (χ0n) is 16.4. The molecule has 0 nitrogen and oxygen atoms in total. The first-order valence-corrected chi connectivity index (χ1v) is 14.3. The van der Waals surface area contributed by atoms with Crippen LogP contribution in [0.5, 0.6) is 0 Å². The van der Waals surface area contributed by atoms with Gasteiger partial charge in [0.1, 0.15) is 0 Å². The summed E-state index contributed by atoms with van der Waals surface area (Å²) in [6.07, 6.45) is 12.1. The summed E-state index contributed by atoms with van der Waals surface area (Å²) in [5, 5.41) is 1.28. The van der Waals surface area contributed by atoms with E-state index in [1.807, 2.05) is 0 Å². The van der Waals surface area contributed by atoms with Crippen LogP contribution < -0.4 is 15.9 Å². The van der Waals surface area contributed by atoms with E-state index in [1.165, 1.54) is 15.9 Å². The summed E-state index contributed by atoms with van der Waals surface area (Å²) in [7, 11) is 0. The molecule has 3 aromatic rings. The van der Waals surface area contributed by atoms with Crippen molar-refractivity contribution in [3.63, 3.8) is 0 Å². The van der Waals surface area contributed by atoms with E-state index in [9.17, 15) is 0 Å². The molecule has 0 aliphatic heterocycles. The second kappa shape index (κ2) is 9.50. The van der Waals surface area contributed by atoms with Gasteiger partial charge in [0.2, 0.25) is 0 Å². The monoisotopic (exact) mass is 450 g/mol. The number of halogens is 1. The van der Waals surface area contributed by atoms with Crippen LogP contribution in [0.1, 0.15) is 19.8 Å². The number of rotatable bonds is 8. The topological polar surface area (TPSA) is 0 Å². The summed E-state index contributed by atoms with van der Waals surface area (Å²) in [6.45, 7) is 2.17. The fourth-order valence-corrected chi connectivity index (χ4v) is 10.8. The Bertz CT molecular complexity index is 815. The van der Waals surface area contributed by atoms with E-state index in [0.717, 1.165) is 19.0 Å². The van der Waals surface area contributed by atoms with Gasteiger partial charge in [-0.15, -0.1) is 0 Å². The summed E-state index contributed by atoms with van der Waals surface area (Å²) in [5.74, 6) is 0. The first-order chi connectivity index (χ1) is 13.7. The van der Waals surface area contributed by atoms with Crippen LogP contribution in [-0.4, -0.2) is 6.16 Å². The normalized spacial score (nSPS) is 13.6. The second-order valence-corrected chi connectivity index (χ2v) is 15.9. The van der Waals surface area contributed by atoms with Crippen molar-refractivity contribution in [3.05, 3.63) is 115 Å². The van der Waals surface area contributed by atoms with Crippen LogP contribution in [0.15, 0.2) is 115 Å². The molecule has 0 heterocycles. The Balaban J connectivity index is 2.20. The first-order valence-electron chi connectivity index (χ1n) is 9.89. The van der Waals surface area contributed by atoms with E-state index < -0.39 is 5.31 Å². The fourth-order valence-electron chi connectivity index (χ4n) is 3.69. The minimum absolute atomic E-state index is 0.948.